The van der Waals surface area contributed by atoms with E-state index >= 15 is 0 Å². The van der Waals surface area contributed by atoms with Crippen molar-refractivity contribution in [2.45, 2.75) is 488 Å². The Morgan fingerprint density at radius 2 is 0.477 bits per heavy atom. The highest BCUT2D eigenvalue weighted by atomic mass is 16.5. The summed E-state index contributed by atoms with van der Waals surface area (Å²) in [4.78, 5) is 24.6. The van der Waals surface area contributed by atoms with Crippen molar-refractivity contribution in [2.75, 3.05) is 13.2 Å². The van der Waals surface area contributed by atoms with E-state index in [2.05, 4.69) is 19.2 Å². The fourth-order valence-corrected chi connectivity index (χ4v) is 13.3. The van der Waals surface area contributed by atoms with Crippen molar-refractivity contribution in [3.8, 4) is 0 Å². The first-order valence-corrected chi connectivity index (χ1v) is 40.3. The van der Waals surface area contributed by atoms with Gasteiger partial charge in [-0.05, 0) is 25.7 Å². The molecule has 0 rings (SSSR count). The van der Waals surface area contributed by atoms with E-state index in [0.717, 1.165) is 38.5 Å². The van der Waals surface area contributed by atoms with Gasteiger partial charge >= 0.3 is 5.97 Å². The minimum absolute atomic E-state index is 0.0240. The monoisotopic (exact) mass is 1210 g/mol. The first-order valence-electron chi connectivity index (χ1n) is 40.3. The number of hydrogen-bond donors (Lipinski definition) is 3. The Kier molecular flexibility index (Phi) is 75.3. The second kappa shape index (κ2) is 76.3. The predicted octanol–water partition coefficient (Wildman–Crippen LogP) is 26.5. The van der Waals surface area contributed by atoms with Gasteiger partial charge in [-0.3, -0.25) is 9.59 Å². The van der Waals surface area contributed by atoms with Crippen molar-refractivity contribution in [1.29, 1.82) is 0 Å². The summed E-state index contributed by atoms with van der Waals surface area (Å²) in [6.45, 7) is 5.02. The highest BCUT2D eigenvalue weighted by molar-refractivity contribution is 5.76. The summed E-state index contributed by atoms with van der Waals surface area (Å²) in [6.07, 6.45) is 94.9. The lowest BCUT2D eigenvalue weighted by Crippen LogP contribution is -2.45. The Hall–Kier alpha value is -1.14. The smallest absolute Gasteiger partial charge is 0.305 e. The van der Waals surface area contributed by atoms with E-state index in [1.54, 1.807) is 0 Å². The summed E-state index contributed by atoms with van der Waals surface area (Å²) in [5, 5.41) is 23.4. The first kappa shape index (κ1) is 84.9. The number of esters is 1. The maximum Gasteiger partial charge on any atom is 0.305 e. The van der Waals surface area contributed by atoms with Crippen LogP contribution in [0, 0.1) is 0 Å². The molecule has 0 aliphatic rings. The largest absolute Gasteiger partial charge is 0.466 e. The van der Waals surface area contributed by atoms with Crippen molar-refractivity contribution in [1.82, 2.24) is 5.32 Å². The van der Waals surface area contributed by atoms with Crippen LogP contribution in [0.5, 0.6) is 0 Å². The molecule has 0 saturated carbocycles. The Bertz CT molecular complexity index is 1260. The standard InChI is InChI=1S/C80H159NO5/c1-3-5-7-9-11-13-15-17-19-20-38-41-45-48-52-56-60-64-68-72-78(83)77(76-82)81-79(84)73-69-65-61-57-53-49-46-42-39-36-34-32-30-28-26-24-22-21-23-25-27-29-31-33-35-37-40-43-47-51-55-59-63-67-71-75-86-80(85)74-70-66-62-58-54-50-44-18-16-14-12-10-8-6-4-2/h77-78,82-83H,3-76H2,1-2H3,(H,81,84). The molecule has 86 heavy (non-hydrogen) atoms. The van der Waals surface area contributed by atoms with Crippen LogP contribution >= 0.6 is 0 Å². The van der Waals surface area contributed by atoms with Crippen molar-refractivity contribution < 1.29 is 24.5 Å². The Morgan fingerprint density at radius 3 is 0.709 bits per heavy atom. The van der Waals surface area contributed by atoms with E-state index in [4.69, 9.17) is 4.74 Å². The molecule has 0 radical (unpaired) electrons. The summed E-state index contributed by atoms with van der Waals surface area (Å²) in [7, 11) is 0. The van der Waals surface area contributed by atoms with Crippen LogP contribution in [0.2, 0.25) is 0 Å². The minimum Gasteiger partial charge on any atom is -0.466 e. The van der Waals surface area contributed by atoms with Crippen molar-refractivity contribution in [3.63, 3.8) is 0 Å². The SMILES string of the molecule is CCCCCCCCCCCCCCCCCCCCCC(O)C(CO)NC(=O)CCCCCCCCCCCCCCCCCCCCCCCCCCCCCCCCCCCCCOC(=O)CCCCCCCCCCCCCCCCC. The number of rotatable bonds is 77. The molecule has 6 heteroatoms. The molecule has 0 aliphatic heterocycles. The van der Waals surface area contributed by atoms with Gasteiger partial charge in [0.05, 0.1) is 25.4 Å². The Labute approximate surface area is 540 Å². The summed E-state index contributed by atoms with van der Waals surface area (Å²) in [5.41, 5.74) is 0. The molecular weight excluding hydrogens is 1050 g/mol. The van der Waals surface area contributed by atoms with Gasteiger partial charge < -0.3 is 20.3 Å². The summed E-state index contributed by atoms with van der Waals surface area (Å²) in [6, 6.07) is -0.537. The van der Waals surface area contributed by atoms with Gasteiger partial charge in [0.1, 0.15) is 0 Å². The molecule has 0 spiro atoms. The molecule has 0 saturated heterocycles. The number of hydrogen-bond acceptors (Lipinski definition) is 5. The number of ether oxygens (including phenoxy) is 1. The maximum absolute atomic E-state index is 12.6. The molecule has 3 N–H and O–H groups in total. The van der Waals surface area contributed by atoms with Gasteiger partial charge in [-0.15, -0.1) is 0 Å². The van der Waals surface area contributed by atoms with Crippen molar-refractivity contribution in [3.05, 3.63) is 0 Å². The van der Waals surface area contributed by atoms with Crippen LogP contribution in [-0.4, -0.2) is 47.4 Å². The van der Waals surface area contributed by atoms with Crippen LogP contribution in [0.3, 0.4) is 0 Å². The Morgan fingerprint density at radius 1 is 0.279 bits per heavy atom. The lowest BCUT2D eigenvalue weighted by Gasteiger charge is -2.22. The van der Waals surface area contributed by atoms with E-state index in [1.807, 2.05) is 0 Å². The summed E-state index contributed by atoms with van der Waals surface area (Å²) < 4.78 is 5.51. The summed E-state index contributed by atoms with van der Waals surface area (Å²) in [5.74, 6) is 0.00300. The lowest BCUT2D eigenvalue weighted by atomic mass is 10.0. The normalized spacial score (nSPS) is 12.4. The fourth-order valence-electron chi connectivity index (χ4n) is 13.3. The van der Waals surface area contributed by atoms with Crippen LogP contribution in [0.1, 0.15) is 476 Å². The number of aliphatic hydroxyl groups excluding tert-OH is 2. The lowest BCUT2D eigenvalue weighted by molar-refractivity contribution is -0.143. The van der Waals surface area contributed by atoms with Gasteiger partial charge in [0.15, 0.2) is 0 Å². The predicted molar refractivity (Wildman–Crippen MR) is 380 cm³/mol. The molecule has 6 nitrogen and oxygen atoms in total. The zero-order chi connectivity index (χ0) is 62.0. The third kappa shape index (κ3) is 71.9. The zero-order valence-electron chi connectivity index (χ0n) is 59.1. The third-order valence-corrected chi connectivity index (χ3v) is 19.4. The molecule has 0 aromatic heterocycles. The average Bonchev–Trinajstić information content (AvgIpc) is 3.52. The van der Waals surface area contributed by atoms with Crippen LogP contribution in [0.25, 0.3) is 0 Å². The molecule has 0 aromatic rings. The second-order valence-electron chi connectivity index (χ2n) is 28.1. The first-order chi connectivity index (χ1) is 42.5. The van der Waals surface area contributed by atoms with Gasteiger partial charge in [0.25, 0.3) is 0 Å². The molecule has 2 unspecified atom stereocenters. The highest BCUT2D eigenvalue weighted by Gasteiger charge is 2.20. The molecule has 0 bridgehead atoms. The molecule has 1 amide bonds. The molecule has 0 heterocycles. The number of carbonyl (C=O) groups is 2. The fraction of sp³-hybridized carbons (Fsp3) is 0.975. The molecule has 2 atom stereocenters. The number of nitrogens with one attached hydrogen (secondary N) is 1. The van der Waals surface area contributed by atoms with Crippen LogP contribution in [-0.2, 0) is 14.3 Å². The van der Waals surface area contributed by atoms with Gasteiger partial charge in [0, 0.05) is 12.8 Å². The third-order valence-electron chi connectivity index (χ3n) is 19.4. The zero-order valence-corrected chi connectivity index (χ0v) is 59.1. The number of unbranched alkanes of at least 4 members (excludes halogenated alkanes) is 66. The Balaban J connectivity index is 3.29. The van der Waals surface area contributed by atoms with Crippen molar-refractivity contribution in [2.24, 2.45) is 0 Å². The van der Waals surface area contributed by atoms with Crippen LogP contribution in [0.15, 0.2) is 0 Å². The van der Waals surface area contributed by atoms with Crippen LogP contribution < -0.4 is 5.32 Å². The number of amides is 1. The van der Waals surface area contributed by atoms with E-state index in [1.165, 1.54) is 405 Å². The highest BCUT2D eigenvalue weighted by Crippen LogP contribution is 2.21. The maximum atomic E-state index is 12.6. The van der Waals surface area contributed by atoms with Gasteiger partial charge in [0.2, 0.25) is 5.91 Å². The molecule has 0 aromatic carbocycles. The van der Waals surface area contributed by atoms with Gasteiger partial charge in [-0.1, -0.05) is 438 Å². The molecule has 0 aliphatic carbocycles. The summed E-state index contributed by atoms with van der Waals surface area (Å²) >= 11 is 0. The average molecular weight is 1220 g/mol. The van der Waals surface area contributed by atoms with Gasteiger partial charge in [-0.25, -0.2) is 0 Å². The van der Waals surface area contributed by atoms with Gasteiger partial charge in [-0.2, -0.15) is 0 Å². The molecular formula is C80H159NO5. The second-order valence-corrected chi connectivity index (χ2v) is 28.1. The minimum atomic E-state index is -0.660. The van der Waals surface area contributed by atoms with E-state index in [0.29, 0.717) is 25.9 Å². The quantitative estimate of drug-likeness (QED) is 0.0417. The number of aliphatic hydroxyl groups is 2. The van der Waals surface area contributed by atoms with Crippen molar-refractivity contribution >= 4 is 11.9 Å². The number of carbonyl (C=O) groups excluding carboxylic acids is 2. The topological polar surface area (TPSA) is 95.9 Å². The molecule has 514 valence electrons. The van der Waals surface area contributed by atoms with Crippen LogP contribution in [0.4, 0.5) is 0 Å². The molecule has 0 fully saturated rings. The van der Waals surface area contributed by atoms with E-state index in [9.17, 15) is 19.8 Å². The van der Waals surface area contributed by atoms with E-state index < -0.39 is 12.1 Å². The van der Waals surface area contributed by atoms with E-state index in [-0.39, 0.29) is 18.5 Å².